The average molecular weight is 272 g/mol. The van der Waals surface area contributed by atoms with Crippen LogP contribution in [0, 0.1) is 0 Å². The molecule has 0 amide bonds. The van der Waals surface area contributed by atoms with Gasteiger partial charge >= 0.3 is 0 Å². The second-order valence-electron chi connectivity index (χ2n) is 4.26. The van der Waals surface area contributed by atoms with E-state index in [0.717, 1.165) is 23.9 Å². The topological polar surface area (TPSA) is 64.8 Å². The quantitative estimate of drug-likeness (QED) is 0.781. The molecule has 0 radical (unpaired) electrons. The zero-order chi connectivity index (χ0) is 12.2. The molecule has 2 heterocycles. The van der Waals surface area contributed by atoms with Gasteiger partial charge in [0.05, 0.1) is 5.69 Å². The molecule has 0 saturated heterocycles. The summed E-state index contributed by atoms with van der Waals surface area (Å²) >= 11 is 0. The first-order valence-corrected chi connectivity index (χ1v) is 7.55. The minimum absolute atomic E-state index is 0.0292. The average Bonchev–Trinajstić information content (AvgIpc) is 3.03. The van der Waals surface area contributed by atoms with E-state index in [1.165, 1.54) is 6.20 Å². The molecule has 7 heteroatoms. The number of aryl methyl sites for hydroxylation is 1. The molecule has 90 valence electrons. The number of nitrogens with zero attached hydrogens (tertiary/aromatic N) is 3. The van der Waals surface area contributed by atoms with E-state index < -0.39 is 9.05 Å². The first-order chi connectivity index (χ1) is 7.97. The van der Waals surface area contributed by atoms with Crippen LogP contribution in [0.3, 0.4) is 0 Å². The fourth-order valence-corrected chi connectivity index (χ4v) is 2.63. The molecule has 3 rings (SSSR count). The van der Waals surface area contributed by atoms with E-state index in [9.17, 15) is 8.42 Å². The van der Waals surface area contributed by atoms with Crippen molar-refractivity contribution in [2.75, 3.05) is 0 Å². The smallest absolute Gasteiger partial charge is 0.250 e. The Morgan fingerprint density at radius 3 is 2.76 bits per heavy atom. The molecule has 1 aliphatic rings. The fourth-order valence-electron chi connectivity index (χ4n) is 1.94. The van der Waals surface area contributed by atoms with Crippen LogP contribution in [0.5, 0.6) is 0 Å². The van der Waals surface area contributed by atoms with Crippen molar-refractivity contribution in [3.8, 4) is 0 Å². The maximum absolute atomic E-state index is 11.3. The first kappa shape index (κ1) is 11.0. The highest BCUT2D eigenvalue weighted by Crippen LogP contribution is 2.42. The summed E-state index contributed by atoms with van der Waals surface area (Å²) in [6.45, 7) is 0. The zero-order valence-corrected chi connectivity index (χ0v) is 10.7. The number of pyridine rings is 1. The van der Waals surface area contributed by atoms with Gasteiger partial charge in [0.15, 0.2) is 5.65 Å². The summed E-state index contributed by atoms with van der Waals surface area (Å²) in [5, 5.41) is 5.18. The van der Waals surface area contributed by atoms with Crippen molar-refractivity contribution in [2.24, 2.45) is 7.05 Å². The summed E-state index contributed by atoms with van der Waals surface area (Å²) in [5.41, 5.74) is 1.62. The fraction of sp³-hybridized carbons (Fsp3) is 0.400. The lowest BCUT2D eigenvalue weighted by Crippen LogP contribution is -1.94. The van der Waals surface area contributed by atoms with Crippen LogP contribution in [0.25, 0.3) is 11.0 Å². The molecule has 1 aliphatic carbocycles. The van der Waals surface area contributed by atoms with Gasteiger partial charge in [-0.25, -0.2) is 13.4 Å². The third kappa shape index (κ3) is 1.81. The number of aromatic nitrogens is 3. The van der Waals surface area contributed by atoms with E-state index in [0.29, 0.717) is 11.6 Å². The van der Waals surface area contributed by atoms with Crippen LogP contribution >= 0.6 is 10.7 Å². The predicted molar refractivity (Wildman–Crippen MR) is 63.5 cm³/mol. The van der Waals surface area contributed by atoms with Gasteiger partial charge in [0, 0.05) is 35.2 Å². The normalized spacial score (nSPS) is 16.6. The molecule has 2 aromatic heterocycles. The van der Waals surface area contributed by atoms with Crippen molar-refractivity contribution >= 4 is 30.8 Å². The van der Waals surface area contributed by atoms with Crippen molar-refractivity contribution in [3.05, 3.63) is 18.0 Å². The molecule has 1 saturated carbocycles. The van der Waals surface area contributed by atoms with Gasteiger partial charge in [-0.2, -0.15) is 5.10 Å². The van der Waals surface area contributed by atoms with Crippen LogP contribution in [0.1, 0.15) is 24.5 Å². The van der Waals surface area contributed by atoms with Crippen LogP contribution < -0.4 is 0 Å². The maximum Gasteiger partial charge on any atom is 0.262 e. The van der Waals surface area contributed by atoms with Crippen molar-refractivity contribution < 1.29 is 8.42 Å². The van der Waals surface area contributed by atoms with Gasteiger partial charge in [-0.05, 0) is 18.9 Å². The predicted octanol–water partition coefficient (Wildman–Crippen LogP) is 1.77. The lowest BCUT2D eigenvalue weighted by atomic mass is 10.2. The Hall–Kier alpha value is -1.14. The lowest BCUT2D eigenvalue weighted by Gasteiger charge is -1.97. The summed E-state index contributed by atoms with van der Waals surface area (Å²) < 4.78 is 24.2. The number of fused-ring (bicyclic) bond motifs is 1. The zero-order valence-electron chi connectivity index (χ0n) is 9.09. The molecule has 0 unspecified atom stereocenters. The van der Waals surface area contributed by atoms with Crippen LogP contribution in [0.4, 0.5) is 0 Å². The highest BCUT2D eigenvalue weighted by atomic mass is 35.7. The third-order valence-corrected chi connectivity index (χ3v) is 4.25. The SMILES string of the molecule is Cn1nc(C2CC2)c2cc(S(=O)(=O)Cl)cnc21. The van der Waals surface area contributed by atoms with E-state index >= 15 is 0 Å². The van der Waals surface area contributed by atoms with Gasteiger partial charge in [0.25, 0.3) is 9.05 Å². The van der Waals surface area contributed by atoms with Gasteiger partial charge in [-0.15, -0.1) is 0 Å². The van der Waals surface area contributed by atoms with Crippen LogP contribution in [-0.2, 0) is 16.1 Å². The Morgan fingerprint density at radius 1 is 1.47 bits per heavy atom. The monoisotopic (exact) mass is 271 g/mol. The number of rotatable bonds is 2. The van der Waals surface area contributed by atoms with Gasteiger partial charge in [-0.1, -0.05) is 0 Å². The summed E-state index contributed by atoms with van der Waals surface area (Å²) in [5.74, 6) is 0.439. The van der Waals surface area contributed by atoms with E-state index in [-0.39, 0.29) is 4.90 Å². The molecular weight excluding hydrogens is 262 g/mol. The molecule has 0 bridgehead atoms. The Kier molecular flexibility index (Phi) is 2.21. The van der Waals surface area contributed by atoms with Crippen molar-refractivity contribution in [3.63, 3.8) is 0 Å². The standard InChI is InChI=1S/C10H10ClN3O2S/c1-14-10-8(9(13-14)6-2-3-6)4-7(5-12-10)17(11,15)16/h4-6H,2-3H2,1H3. The molecular formula is C10H10ClN3O2S. The van der Waals surface area contributed by atoms with Crippen molar-refractivity contribution in [1.29, 1.82) is 0 Å². The Morgan fingerprint density at radius 2 is 2.18 bits per heavy atom. The Labute approximate surface area is 103 Å². The summed E-state index contributed by atoms with van der Waals surface area (Å²) in [4.78, 5) is 4.14. The first-order valence-electron chi connectivity index (χ1n) is 5.24. The summed E-state index contributed by atoms with van der Waals surface area (Å²) in [7, 11) is 3.39. The highest BCUT2D eigenvalue weighted by molar-refractivity contribution is 8.13. The molecule has 5 nitrogen and oxygen atoms in total. The lowest BCUT2D eigenvalue weighted by molar-refractivity contribution is 0.609. The van der Waals surface area contributed by atoms with Crippen LogP contribution in [-0.4, -0.2) is 23.2 Å². The number of halogens is 1. The van der Waals surface area contributed by atoms with E-state index in [2.05, 4.69) is 10.1 Å². The third-order valence-electron chi connectivity index (χ3n) is 2.93. The largest absolute Gasteiger partial charge is 0.262 e. The molecule has 0 atom stereocenters. The summed E-state index contributed by atoms with van der Waals surface area (Å²) in [6, 6.07) is 1.56. The molecule has 2 aromatic rings. The highest BCUT2D eigenvalue weighted by Gasteiger charge is 2.29. The second kappa shape index (κ2) is 3.43. The van der Waals surface area contributed by atoms with Crippen LogP contribution in [0.15, 0.2) is 17.2 Å². The second-order valence-corrected chi connectivity index (χ2v) is 6.83. The van der Waals surface area contributed by atoms with E-state index in [1.54, 1.807) is 17.8 Å². The van der Waals surface area contributed by atoms with Gasteiger partial charge in [0.2, 0.25) is 0 Å². The molecule has 0 aliphatic heterocycles. The summed E-state index contributed by atoms with van der Waals surface area (Å²) in [6.07, 6.45) is 3.47. The Balaban J connectivity index is 2.30. The molecule has 17 heavy (non-hydrogen) atoms. The van der Waals surface area contributed by atoms with Crippen LogP contribution in [0.2, 0.25) is 0 Å². The minimum Gasteiger partial charge on any atom is -0.250 e. The van der Waals surface area contributed by atoms with Gasteiger partial charge in [0.1, 0.15) is 4.90 Å². The molecule has 0 spiro atoms. The Bertz CT molecular complexity index is 704. The van der Waals surface area contributed by atoms with E-state index in [4.69, 9.17) is 10.7 Å². The van der Waals surface area contributed by atoms with Crippen molar-refractivity contribution in [2.45, 2.75) is 23.7 Å². The van der Waals surface area contributed by atoms with E-state index in [1.807, 2.05) is 0 Å². The maximum atomic E-state index is 11.3. The molecule has 0 N–H and O–H groups in total. The minimum atomic E-state index is -3.73. The van der Waals surface area contributed by atoms with Crippen molar-refractivity contribution in [1.82, 2.24) is 14.8 Å². The van der Waals surface area contributed by atoms with Gasteiger partial charge in [-0.3, -0.25) is 4.68 Å². The van der Waals surface area contributed by atoms with Gasteiger partial charge < -0.3 is 0 Å². The molecule has 0 aromatic carbocycles. The number of hydrogen-bond acceptors (Lipinski definition) is 4. The molecule has 1 fully saturated rings. The number of hydrogen-bond donors (Lipinski definition) is 0.